The molecule has 0 bridgehead atoms. The van der Waals surface area contributed by atoms with Crippen LogP contribution in [0.3, 0.4) is 0 Å². The summed E-state index contributed by atoms with van der Waals surface area (Å²) in [6, 6.07) is 8.46. The fourth-order valence-electron chi connectivity index (χ4n) is 2.47. The maximum absolute atomic E-state index is 11.3. The number of ether oxygens (including phenoxy) is 1. The molecule has 4 nitrogen and oxygen atoms in total. The molecule has 0 aliphatic carbocycles. The first-order valence-corrected chi connectivity index (χ1v) is 6.45. The van der Waals surface area contributed by atoms with Crippen molar-refractivity contribution >= 4 is 16.9 Å². The molecule has 102 valence electrons. The van der Waals surface area contributed by atoms with Crippen molar-refractivity contribution in [1.82, 2.24) is 9.88 Å². The van der Waals surface area contributed by atoms with Gasteiger partial charge in [0.15, 0.2) is 0 Å². The van der Waals surface area contributed by atoms with Gasteiger partial charge in [-0.2, -0.15) is 0 Å². The van der Waals surface area contributed by atoms with Gasteiger partial charge in [-0.1, -0.05) is 18.2 Å². The molecule has 2 rings (SSSR count). The van der Waals surface area contributed by atoms with Crippen molar-refractivity contribution in [2.45, 2.75) is 18.9 Å². The summed E-state index contributed by atoms with van der Waals surface area (Å²) in [6.07, 6.45) is 3.28. The molecule has 19 heavy (non-hydrogen) atoms. The minimum atomic E-state index is -0.166. The van der Waals surface area contributed by atoms with Crippen LogP contribution in [0.4, 0.5) is 0 Å². The number of hydrogen-bond acceptors (Lipinski definition) is 3. The van der Waals surface area contributed by atoms with Crippen molar-refractivity contribution in [1.29, 1.82) is 0 Å². The van der Waals surface area contributed by atoms with E-state index in [-0.39, 0.29) is 12.0 Å². The molecule has 0 amide bonds. The first-order valence-electron chi connectivity index (χ1n) is 6.45. The quantitative estimate of drug-likeness (QED) is 0.839. The lowest BCUT2D eigenvalue weighted by Crippen LogP contribution is -2.17. The van der Waals surface area contributed by atoms with Gasteiger partial charge in [0.05, 0.1) is 7.11 Å². The molecule has 1 atom stereocenters. The van der Waals surface area contributed by atoms with E-state index in [0.717, 1.165) is 6.42 Å². The molecule has 0 radical (unpaired) electrons. The summed E-state index contributed by atoms with van der Waals surface area (Å²) in [5.74, 6) is -0.166. The Morgan fingerprint density at radius 3 is 2.84 bits per heavy atom. The number of hydrogen-bond donors (Lipinski definition) is 1. The van der Waals surface area contributed by atoms with Crippen LogP contribution in [0.2, 0.25) is 0 Å². The van der Waals surface area contributed by atoms with Gasteiger partial charge in [-0.25, -0.2) is 0 Å². The molecule has 2 aromatic rings. The molecule has 1 aromatic carbocycles. The standard InChI is InChI=1S/C15H20N2O2/c1-16-13(8-9-15(18)19-3)12-10-17(2)14-7-5-4-6-11(12)14/h4-7,10,13,16H,8-9H2,1-3H3. The van der Waals surface area contributed by atoms with Crippen molar-refractivity contribution in [2.24, 2.45) is 7.05 Å². The Morgan fingerprint density at radius 2 is 2.16 bits per heavy atom. The number of para-hydroxylation sites is 1. The lowest BCUT2D eigenvalue weighted by Gasteiger charge is -2.14. The predicted molar refractivity (Wildman–Crippen MR) is 76.0 cm³/mol. The minimum absolute atomic E-state index is 0.158. The number of carbonyl (C=O) groups is 1. The summed E-state index contributed by atoms with van der Waals surface area (Å²) in [6.45, 7) is 0. The number of fused-ring (bicyclic) bond motifs is 1. The largest absolute Gasteiger partial charge is 0.469 e. The second-order valence-corrected chi connectivity index (χ2v) is 4.67. The zero-order valence-electron chi connectivity index (χ0n) is 11.6. The van der Waals surface area contributed by atoms with E-state index in [1.807, 2.05) is 26.2 Å². The van der Waals surface area contributed by atoms with Gasteiger partial charge in [-0.15, -0.1) is 0 Å². The molecule has 4 heteroatoms. The monoisotopic (exact) mass is 260 g/mol. The van der Waals surface area contributed by atoms with E-state index in [9.17, 15) is 4.79 Å². The van der Waals surface area contributed by atoms with Gasteiger partial charge in [0.25, 0.3) is 0 Å². The molecule has 1 unspecified atom stereocenters. The van der Waals surface area contributed by atoms with Gasteiger partial charge >= 0.3 is 5.97 Å². The summed E-state index contributed by atoms with van der Waals surface area (Å²) in [5, 5.41) is 4.51. The number of rotatable bonds is 5. The summed E-state index contributed by atoms with van der Waals surface area (Å²) >= 11 is 0. The van der Waals surface area contributed by atoms with Crippen LogP contribution in [-0.2, 0) is 16.6 Å². The van der Waals surface area contributed by atoms with Crippen LogP contribution in [0.15, 0.2) is 30.5 Å². The smallest absolute Gasteiger partial charge is 0.305 e. The average molecular weight is 260 g/mol. The number of aryl methyl sites for hydroxylation is 1. The number of benzene rings is 1. The van der Waals surface area contributed by atoms with Crippen LogP contribution in [-0.4, -0.2) is 24.7 Å². The van der Waals surface area contributed by atoms with E-state index in [1.165, 1.54) is 23.6 Å². The number of esters is 1. The second-order valence-electron chi connectivity index (χ2n) is 4.67. The van der Waals surface area contributed by atoms with Crippen molar-refractivity contribution in [3.8, 4) is 0 Å². The molecule has 0 aliphatic rings. The Kier molecular flexibility index (Phi) is 4.22. The van der Waals surface area contributed by atoms with Gasteiger partial charge < -0.3 is 14.6 Å². The maximum atomic E-state index is 11.3. The van der Waals surface area contributed by atoms with Crippen molar-refractivity contribution < 1.29 is 9.53 Å². The molecular formula is C15H20N2O2. The first kappa shape index (κ1) is 13.6. The van der Waals surface area contributed by atoms with Crippen LogP contribution in [0.5, 0.6) is 0 Å². The number of aromatic nitrogens is 1. The third-order valence-electron chi connectivity index (χ3n) is 3.52. The van der Waals surface area contributed by atoms with E-state index in [0.29, 0.717) is 6.42 Å². The molecule has 0 saturated heterocycles. The molecule has 0 spiro atoms. The predicted octanol–water partition coefficient (Wildman–Crippen LogP) is 2.39. The molecule has 0 aliphatic heterocycles. The van der Waals surface area contributed by atoms with E-state index in [4.69, 9.17) is 4.74 Å². The zero-order valence-corrected chi connectivity index (χ0v) is 11.6. The molecular weight excluding hydrogens is 240 g/mol. The summed E-state index contributed by atoms with van der Waals surface area (Å²) in [4.78, 5) is 11.3. The van der Waals surface area contributed by atoms with Gasteiger partial charge in [0, 0.05) is 36.6 Å². The fraction of sp³-hybridized carbons (Fsp3) is 0.400. The summed E-state index contributed by atoms with van der Waals surface area (Å²) < 4.78 is 6.82. The van der Waals surface area contributed by atoms with Gasteiger partial charge in [0.1, 0.15) is 0 Å². The Hall–Kier alpha value is -1.81. The SMILES string of the molecule is CNC(CCC(=O)OC)c1cn(C)c2ccccc12. The zero-order chi connectivity index (χ0) is 13.8. The Labute approximate surface area is 113 Å². The van der Waals surface area contributed by atoms with Gasteiger partial charge in [-0.05, 0) is 25.1 Å². The highest BCUT2D eigenvalue weighted by Gasteiger charge is 2.16. The van der Waals surface area contributed by atoms with Crippen molar-refractivity contribution in [2.75, 3.05) is 14.2 Å². The van der Waals surface area contributed by atoms with Crippen LogP contribution in [0.25, 0.3) is 10.9 Å². The highest BCUT2D eigenvalue weighted by atomic mass is 16.5. The number of nitrogens with one attached hydrogen (secondary N) is 1. The van der Waals surface area contributed by atoms with E-state index >= 15 is 0 Å². The molecule has 0 fully saturated rings. The van der Waals surface area contributed by atoms with Gasteiger partial charge in [-0.3, -0.25) is 4.79 Å². The van der Waals surface area contributed by atoms with Gasteiger partial charge in [0.2, 0.25) is 0 Å². The minimum Gasteiger partial charge on any atom is -0.469 e. The first-order chi connectivity index (χ1) is 9.17. The summed E-state index contributed by atoms with van der Waals surface area (Å²) in [7, 11) is 5.39. The Morgan fingerprint density at radius 1 is 1.42 bits per heavy atom. The molecule has 1 N–H and O–H groups in total. The lowest BCUT2D eigenvalue weighted by atomic mass is 10.0. The Balaban J connectivity index is 2.28. The van der Waals surface area contributed by atoms with Crippen LogP contribution in [0, 0.1) is 0 Å². The molecule has 1 heterocycles. The van der Waals surface area contributed by atoms with Crippen molar-refractivity contribution in [3.05, 3.63) is 36.0 Å². The number of carbonyl (C=O) groups excluding carboxylic acids is 1. The van der Waals surface area contributed by atoms with Crippen LogP contribution < -0.4 is 5.32 Å². The number of nitrogens with zero attached hydrogens (tertiary/aromatic N) is 1. The topological polar surface area (TPSA) is 43.3 Å². The van der Waals surface area contributed by atoms with E-state index < -0.39 is 0 Å². The highest BCUT2D eigenvalue weighted by molar-refractivity contribution is 5.84. The number of methoxy groups -OCH3 is 1. The molecule has 0 saturated carbocycles. The van der Waals surface area contributed by atoms with Crippen LogP contribution >= 0.6 is 0 Å². The highest BCUT2D eigenvalue weighted by Crippen LogP contribution is 2.28. The van der Waals surface area contributed by atoms with Crippen molar-refractivity contribution in [3.63, 3.8) is 0 Å². The third-order valence-corrected chi connectivity index (χ3v) is 3.52. The fourth-order valence-corrected chi connectivity index (χ4v) is 2.47. The normalized spacial score (nSPS) is 12.6. The Bertz CT molecular complexity index is 575. The lowest BCUT2D eigenvalue weighted by molar-refractivity contribution is -0.140. The molecule has 1 aromatic heterocycles. The maximum Gasteiger partial charge on any atom is 0.305 e. The second kappa shape index (κ2) is 5.89. The van der Waals surface area contributed by atoms with E-state index in [1.54, 1.807) is 0 Å². The van der Waals surface area contributed by atoms with E-state index in [2.05, 4.69) is 28.2 Å². The average Bonchev–Trinajstić information content (AvgIpc) is 2.77. The summed E-state index contributed by atoms with van der Waals surface area (Å²) in [5.41, 5.74) is 2.43. The van der Waals surface area contributed by atoms with Crippen LogP contribution in [0.1, 0.15) is 24.4 Å². The third kappa shape index (κ3) is 2.79.